The van der Waals surface area contributed by atoms with Crippen LogP contribution in [-0.4, -0.2) is 17.0 Å². The highest BCUT2D eigenvalue weighted by atomic mass is 127. The van der Waals surface area contributed by atoms with Crippen molar-refractivity contribution >= 4 is 34.0 Å². The molecule has 0 radical (unpaired) electrons. The number of rotatable bonds is 3. The van der Waals surface area contributed by atoms with E-state index >= 15 is 0 Å². The fourth-order valence-corrected chi connectivity index (χ4v) is 1.83. The van der Waals surface area contributed by atoms with Crippen LogP contribution in [0.2, 0.25) is 0 Å². The van der Waals surface area contributed by atoms with E-state index in [0.29, 0.717) is 0 Å². The van der Waals surface area contributed by atoms with Crippen molar-refractivity contribution in [3.63, 3.8) is 0 Å². The Bertz CT molecular complexity index is 455. The quantitative estimate of drug-likeness (QED) is 0.501. The molecule has 86 valence electrons. The lowest BCUT2D eigenvalue weighted by Crippen LogP contribution is -2.14. The van der Waals surface area contributed by atoms with Crippen LogP contribution in [0.15, 0.2) is 12.1 Å². The lowest BCUT2D eigenvalue weighted by Gasteiger charge is -2.06. The highest BCUT2D eigenvalue weighted by Gasteiger charge is 2.35. The number of anilines is 1. The third kappa shape index (κ3) is 2.24. The number of nitro groups is 1. The molecule has 2 atom stereocenters. The van der Waals surface area contributed by atoms with Crippen LogP contribution in [0.1, 0.15) is 6.42 Å². The summed E-state index contributed by atoms with van der Waals surface area (Å²) in [6, 6.07) is 2.37. The summed E-state index contributed by atoms with van der Waals surface area (Å²) in [4.78, 5) is 10.2. The van der Waals surface area contributed by atoms with Gasteiger partial charge in [-0.1, -0.05) is 0 Å². The molecule has 1 aliphatic rings. The second kappa shape index (κ2) is 4.13. The van der Waals surface area contributed by atoms with Gasteiger partial charge in [-0.05, 0) is 29.0 Å². The fraction of sp³-hybridized carbons (Fsp3) is 0.333. The Balaban J connectivity index is 2.33. The van der Waals surface area contributed by atoms with Gasteiger partial charge in [-0.15, -0.1) is 0 Å². The van der Waals surface area contributed by atoms with E-state index in [4.69, 9.17) is 5.73 Å². The van der Waals surface area contributed by atoms with Crippen molar-refractivity contribution in [3.8, 4) is 0 Å². The first-order valence-electron chi connectivity index (χ1n) is 4.64. The Morgan fingerprint density at radius 3 is 2.75 bits per heavy atom. The average molecular weight is 337 g/mol. The summed E-state index contributed by atoms with van der Waals surface area (Å²) < 4.78 is 13.5. The Labute approximate surface area is 104 Å². The third-order valence-electron chi connectivity index (χ3n) is 2.42. The first kappa shape index (κ1) is 11.5. The van der Waals surface area contributed by atoms with Gasteiger partial charge in [0, 0.05) is 24.2 Å². The molecule has 1 aromatic carbocycles. The Hall–Kier alpha value is -0.960. The molecule has 16 heavy (non-hydrogen) atoms. The number of nitrogens with two attached hydrogens (primary N) is 1. The monoisotopic (exact) mass is 337 g/mol. The van der Waals surface area contributed by atoms with Crippen molar-refractivity contribution in [1.82, 2.24) is 0 Å². The van der Waals surface area contributed by atoms with Crippen LogP contribution in [0.4, 0.5) is 15.8 Å². The highest BCUT2D eigenvalue weighted by Crippen LogP contribution is 2.32. The van der Waals surface area contributed by atoms with E-state index in [1.807, 2.05) is 0 Å². The zero-order chi connectivity index (χ0) is 11.9. The maximum Gasteiger partial charge on any atom is 0.293 e. The molecule has 0 aromatic heterocycles. The zero-order valence-corrected chi connectivity index (χ0v) is 10.3. The van der Waals surface area contributed by atoms with E-state index in [2.05, 4.69) is 5.32 Å². The van der Waals surface area contributed by atoms with Gasteiger partial charge in [-0.2, -0.15) is 0 Å². The third-order valence-corrected chi connectivity index (χ3v) is 3.24. The summed E-state index contributed by atoms with van der Waals surface area (Å²) in [5.74, 6) is -0.470. The van der Waals surface area contributed by atoms with Crippen molar-refractivity contribution < 1.29 is 9.31 Å². The fourth-order valence-electron chi connectivity index (χ4n) is 1.38. The summed E-state index contributed by atoms with van der Waals surface area (Å²) in [5, 5.41) is 13.7. The van der Waals surface area contributed by atoms with Crippen LogP contribution >= 0.6 is 22.6 Å². The summed E-state index contributed by atoms with van der Waals surface area (Å²) >= 11 is 1.72. The normalized spacial score (nSPS) is 22.9. The minimum Gasteiger partial charge on any atom is -0.375 e. The molecule has 7 heteroatoms. The molecule has 2 unspecified atom stereocenters. The van der Waals surface area contributed by atoms with Crippen molar-refractivity contribution in [2.24, 2.45) is 5.73 Å². The number of nitro benzene ring substituents is 1. The summed E-state index contributed by atoms with van der Waals surface area (Å²) in [7, 11) is 0. The lowest BCUT2D eigenvalue weighted by atomic mass is 10.2. The van der Waals surface area contributed by atoms with Crippen molar-refractivity contribution in [3.05, 3.63) is 31.6 Å². The van der Waals surface area contributed by atoms with Crippen molar-refractivity contribution in [2.45, 2.75) is 18.5 Å². The van der Waals surface area contributed by atoms with Crippen LogP contribution in [0.3, 0.4) is 0 Å². The second-order valence-corrected chi connectivity index (χ2v) is 4.85. The number of benzene rings is 1. The summed E-state index contributed by atoms with van der Waals surface area (Å²) in [5.41, 5.74) is 5.66. The van der Waals surface area contributed by atoms with Gasteiger partial charge < -0.3 is 11.1 Å². The molecule has 1 saturated carbocycles. The molecular weight excluding hydrogens is 328 g/mol. The van der Waals surface area contributed by atoms with Crippen molar-refractivity contribution in [1.29, 1.82) is 0 Å². The van der Waals surface area contributed by atoms with Gasteiger partial charge in [0.25, 0.3) is 5.69 Å². The minimum atomic E-state index is -0.530. The van der Waals surface area contributed by atoms with E-state index in [1.165, 1.54) is 6.07 Å². The maximum atomic E-state index is 13.3. The van der Waals surface area contributed by atoms with Gasteiger partial charge >= 0.3 is 0 Å². The van der Waals surface area contributed by atoms with Gasteiger partial charge in [0.05, 0.1) is 8.49 Å². The first-order chi connectivity index (χ1) is 7.49. The molecular formula is C9H9FIN3O2. The molecule has 1 aromatic rings. The van der Waals surface area contributed by atoms with Crippen LogP contribution < -0.4 is 11.1 Å². The summed E-state index contributed by atoms with van der Waals surface area (Å²) in [6.07, 6.45) is 0.755. The van der Waals surface area contributed by atoms with E-state index in [-0.39, 0.29) is 27.0 Å². The largest absolute Gasteiger partial charge is 0.375 e. The number of halogens is 2. The number of hydrogen-bond acceptors (Lipinski definition) is 4. The SMILES string of the molecule is NC1CC1Nc1cc(F)c(I)cc1[N+](=O)[O-]. The molecule has 1 fully saturated rings. The van der Waals surface area contributed by atoms with Crippen LogP contribution in [0.25, 0.3) is 0 Å². The molecule has 0 saturated heterocycles. The molecule has 1 aliphatic carbocycles. The Morgan fingerprint density at radius 2 is 2.25 bits per heavy atom. The minimum absolute atomic E-state index is 0.00180. The van der Waals surface area contributed by atoms with Gasteiger partial charge in [-0.25, -0.2) is 4.39 Å². The standard InChI is InChI=1S/C9H9FIN3O2/c10-4-1-8(13-7-3-6(7)12)9(14(15)16)2-5(4)11/h1-2,6-7,13H,3,12H2. The molecule has 0 heterocycles. The predicted octanol–water partition coefficient (Wildman–Crippen LogP) is 1.85. The molecule has 0 spiro atoms. The van der Waals surface area contributed by atoms with E-state index in [9.17, 15) is 14.5 Å². The number of hydrogen-bond donors (Lipinski definition) is 2. The second-order valence-electron chi connectivity index (χ2n) is 3.69. The highest BCUT2D eigenvalue weighted by molar-refractivity contribution is 14.1. The molecule has 2 rings (SSSR count). The number of nitrogens with one attached hydrogen (secondary N) is 1. The molecule has 3 N–H and O–H groups in total. The molecule has 0 amide bonds. The smallest absolute Gasteiger partial charge is 0.293 e. The average Bonchev–Trinajstić information content (AvgIpc) is 2.87. The van der Waals surface area contributed by atoms with Gasteiger partial charge in [0.2, 0.25) is 0 Å². The molecule has 5 nitrogen and oxygen atoms in total. The van der Waals surface area contributed by atoms with Crippen LogP contribution in [0, 0.1) is 19.5 Å². The van der Waals surface area contributed by atoms with E-state index in [1.54, 1.807) is 22.6 Å². The lowest BCUT2D eigenvalue weighted by molar-refractivity contribution is -0.384. The topological polar surface area (TPSA) is 81.2 Å². The summed E-state index contributed by atoms with van der Waals surface area (Å²) in [6.45, 7) is 0. The van der Waals surface area contributed by atoms with Crippen LogP contribution in [-0.2, 0) is 0 Å². The van der Waals surface area contributed by atoms with E-state index in [0.717, 1.165) is 12.5 Å². The van der Waals surface area contributed by atoms with E-state index < -0.39 is 10.7 Å². The first-order valence-corrected chi connectivity index (χ1v) is 5.72. The maximum absolute atomic E-state index is 13.3. The van der Waals surface area contributed by atoms with Gasteiger partial charge in [-0.3, -0.25) is 10.1 Å². The zero-order valence-electron chi connectivity index (χ0n) is 8.11. The van der Waals surface area contributed by atoms with Crippen LogP contribution in [0.5, 0.6) is 0 Å². The number of nitrogens with zero attached hydrogens (tertiary/aromatic N) is 1. The van der Waals surface area contributed by atoms with Crippen molar-refractivity contribution in [2.75, 3.05) is 5.32 Å². The van der Waals surface area contributed by atoms with Gasteiger partial charge in [0.15, 0.2) is 0 Å². The Morgan fingerprint density at radius 1 is 1.62 bits per heavy atom. The molecule has 0 bridgehead atoms. The van der Waals surface area contributed by atoms with Gasteiger partial charge in [0.1, 0.15) is 11.5 Å². The molecule has 0 aliphatic heterocycles. The Kier molecular flexibility index (Phi) is 2.98. The predicted molar refractivity (Wildman–Crippen MR) is 65.8 cm³/mol.